The predicted molar refractivity (Wildman–Crippen MR) is 110 cm³/mol. The molecule has 1 aromatic carbocycles. The number of benzene rings is 1. The standard InChI is InChI=1S/C19H23ClN4O3S/c1-14-15(19(20)23(2)22-14)10-11-18(25)21-16-8-4-5-9-17(16)28(26,27)24-12-6-3-7-13-24/h4-5,8-11H,3,6-7,12-13H2,1-2H3,(H,21,25). The molecule has 0 atom stereocenters. The predicted octanol–water partition coefficient (Wildman–Crippen LogP) is 3.21. The summed E-state index contributed by atoms with van der Waals surface area (Å²) in [7, 11) is -1.94. The van der Waals surface area contributed by atoms with E-state index in [1.54, 1.807) is 38.2 Å². The molecule has 1 aliphatic rings. The fourth-order valence-electron chi connectivity index (χ4n) is 3.21. The summed E-state index contributed by atoms with van der Waals surface area (Å²) in [5, 5.41) is 7.28. The summed E-state index contributed by atoms with van der Waals surface area (Å²) in [4.78, 5) is 12.5. The lowest BCUT2D eigenvalue weighted by molar-refractivity contribution is -0.111. The summed E-state index contributed by atoms with van der Waals surface area (Å²) in [6.45, 7) is 2.80. The van der Waals surface area contributed by atoms with E-state index in [1.165, 1.54) is 21.1 Å². The number of hydrogen-bond acceptors (Lipinski definition) is 4. The third-order valence-electron chi connectivity index (χ3n) is 4.68. The van der Waals surface area contributed by atoms with Gasteiger partial charge in [0.2, 0.25) is 15.9 Å². The van der Waals surface area contributed by atoms with Crippen LogP contribution >= 0.6 is 11.6 Å². The monoisotopic (exact) mass is 422 g/mol. The third kappa shape index (κ3) is 4.29. The first-order valence-corrected chi connectivity index (χ1v) is 10.9. The summed E-state index contributed by atoms with van der Waals surface area (Å²) in [6, 6.07) is 6.45. The second kappa shape index (κ2) is 8.46. The Morgan fingerprint density at radius 2 is 1.89 bits per heavy atom. The van der Waals surface area contributed by atoms with E-state index in [4.69, 9.17) is 11.6 Å². The van der Waals surface area contributed by atoms with E-state index in [2.05, 4.69) is 10.4 Å². The molecule has 0 radical (unpaired) electrons. The summed E-state index contributed by atoms with van der Waals surface area (Å²) in [6.07, 6.45) is 5.62. The van der Waals surface area contributed by atoms with Crippen molar-refractivity contribution in [2.45, 2.75) is 31.1 Å². The molecule has 0 bridgehead atoms. The Morgan fingerprint density at radius 1 is 1.21 bits per heavy atom. The van der Waals surface area contributed by atoms with Crippen molar-refractivity contribution in [1.29, 1.82) is 0 Å². The number of hydrogen-bond donors (Lipinski definition) is 1. The normalized spacial score (nSPS) is 15.8. The first-order valence-electron chi connectivity index (χ1n) is 9.08. The van der Waals surface area contributed by atoms with Crippen LogP contribution in [0.4, 0.5) is 5.69 Å². The van der Waals surface area contributed by atoms with Crippen molar-refractivity contribution >= 4 is 39.3 Å². The number of nitrogens with one attached hydrogen (secondary N) is 1. The lowest BCUT2D eigenvalue weighted by Gasteiger charge is -2.26. The highest BCUT2D eigenvalue weighted by atomic mass is 35.5. The Hall–Kier alpha value is -2.16. The molecule has 7 nitrogen and oxygen atoms in total. The summed E-state index contributed by atoms with van der Waals surface area (Å²) < 4.78 is 29.0. The Labute approximate surface area is 170 Å². The van der Waals surface area contributed by atoms with Gasteiger partial charge in [-0.15, -0.1) is 0 Å². The molecule has 1 fully saturated rings. The summed E-state index contributed by atoms with van der Waals surface area (Å²) in [5.74, 6) is -0.444. The van der Waals surface area contributed by atoms with Crippen molar-refractivity contribution in [3.8, 4) is 0 Å². The number of piperidine rings is 1. The zero-order valence-electron chi connectivity index (χ0n) is 15.9. The average Bonchev–Trinajstić information content (AvgIpc) is 2.92. The van der Waals surface area contributed by atoms with Crippen LogP contribution in [0.2, 0.25) is 5.15 Å². The number of carbonyl (C=O) groups is 1. The average molecular weight is 423 g/mol. The second-order valence-electron chi connectivity index (χ2n) is 6.70. The van der Waals surface area contributed by atoms with Crippen molar-refractivity contribution in [1.82, 2.24) is 14.1 Å². The van der Waals surface area contributed by atoms with Crippen LogP contribution in [0.25, 0.3) is 6.08 Å². The second-order valence-corrected chi connectivity index (χ2v) is 8.96. The number of carbonyl (C=O) groups excluding carboxylic acids is 1. The Morgan fingerprint density at radius 3 is 2.54 bits per heavy atom. The minimum atomic E-state index is -3.66. The number of sulfonamides is 1. The molecule has 0 unspecified atom stereocenters. The highest BCUT2D eigenvalue weighted by Crippen LogP contribution is 2.27. The number of rotatable bonds is 5. The van der Waals surface area contributed by atoms with E-state index in [1.807, 2.05) is 0 Å². The summed E-state index contributed by atoms with van der Waals surface area (Å²) >= 11 is 6.16. The van der Waals surface area contributed by atoms with Crippen LogP contribution < -0.4 is 5.32 Å². The van der Waals surface area contributed by atoms with E-state index in [9.17, 15) is 13.2 Å². The van der Waals surface area contributed by atoms with Crippen molar-refractivity contribution < 1.29 is 13.2 Å². The maximum atomic E-state index is 13.0. The zero-order chi connectivity index (χ0) is 20.3. The van der Waals surface area contributed by atoms with Gasteiger partial charge in [0.25, 0.3) is 0 Å². The van der Waals surface area contributed by atoms with E-state index in [0.29, 0.717) is 29.5 Å². The van der Waals surface area contributed by atoms with Gasteiger partial charge in [-0.25, -0.2) is 8.42 Å². The van der Waals surface area contributed by atoms with Crippen molar-refractivity contribution in [2.24, 2.45) is 7.05 Å². The van der Waals surface area contributed by atoms with Gasteiger partial charge in [0, 0.05) is 31.8 Å². The molecular weight excluding hydrogens is 400 g/mol. The molecule has 1 aromatic heterocycles. The van der Waals surface area contributed by atoms with Gasteiger partial charge in [-0.3, -0.25) is 9.48 Å². The smallest absolute Gasteiger partial charge is 0.248 e. The number of halogens is 1. The molecule has 1 N–H and O–H groups in total. The molecule has 1 aliphatic heterocycles. The van der Waals surface area contributed by atoms with E-state index < -0.39 is 15.9 Å². The molecule has 3 rings (SSSR count). The van der Waals surface area contributed by atoms with Gasteiger partial charge >= 0.3 is 0 Å². The molecule has 1 saturated heterocycles. The number of amides is 1. The molecule has 2 aromatic rings. The van der Waals surface area contributed by atoms with Gasteiger partial charge in [0.1, 0.15) is 10.0 Å². The van der Waals surface area contributed by atoms with Crippen LogP contribution in [-0.2, 0) is 21.9 Å². The fraction of sp³-hybridized carbons (Fsp3) is 0.368. The lowest BCUT2D eigenvalue weighted by atomic mass is 10.2. The molecular formula is C19H23ClN4O3S. The van der Waals surface area contributed by atoms with Crippen molar-refractivity contribution in [3.63, 3.8) is 0 Å². The van der Waals surface area contributed by atoms with Crippen LogP contribution in [0.1, 0.15) is 30.5 Å². The number of anilines is 1. The lowest BCUT2D eigenvalue weighted by Crippen LogP contribution is -2.36. The quantitative estimate of drug-likeness (QED) is 0.750. The van der Waals surface area contributed by atoms with Gasteiger partial charge in [-0.05, 0) is 38.0 Å². The van der Waals surface area contributed by atoms with E-state index >= 15 is 0 Å². The maximum Gasteiger partial charge on any atom is 0.248 e. The SMILES string of the molecule is Cc1nn(C)c(Cl)c1C=CC(=O)Nc1ccccc1S(=O)(=O)N1CCCCC1. The number of nitrogens with zero attached hydrogens (tertiary/aromatic N) is 3. The van der Waals surface area contributed by atoms with Crippen molar-refractivity contribution in [2.75, 3.05) is 18.4 Å². The summed E-state index contributed by atoms with van der Waals surface area (Å²) in [5.41, 5.74) is 1.61. The minimum absolute atomic E-state index is 0.106. The number of aryl methyl sites for hydroxylation is 2. The molecule has 9 heteroatoms. The number of para-hydroxylation sites is 1. The van der Waals surface area contributed by atoms with Gasteiger partial charge in [0.15, 0.2) is 0 Å². The highest BCUT2D eigenvalue weighted by Gasteiger charge is 2.28. The maximum absolute atomic E-state index is 13.0. The van der Waals surface area contributed by atoms with Gasteiger partial charge in [0.05, 0.1) is 11.4 Å². The topological polar surface area (TPSA) is 84.3 Å². The van der Waals surface area contributed by atoms with Crippen LogP contribution in [0.5, 0.6) is 0 Å². The van der Waals surface area contributed by atoms with Gasteiger partial charge in [-0.1, -0.05) is 30.2 Å². The zero-order valence-corrected chi connectivity index (χ0v) is 17.4. The van der Waals surface area contributed by atoms with Gasteiger partial charge in [-0.2, -0.15) is 9.40 Å². The third-order valence-corrected chi connectivity index (χ3v) is 7.08. The minimum Gasteiger partial charge on any atom is -0.321 e. The molecule has 0 aliphatic carbocycles. The van der Waals surface area contributed by atoms with E-state index in [0.717, 1.165) is 19.3 Å². The fourth-order valence-corrected chi connectivity index (χ4v) is 5.11. The van der Waals surface area contributed by atoms with Crippen LogP contribution in [-0.4, -0.2) is 41.5 Å². The molecule has 28 heavy (non-hydrogen) atoms. The molecule has 150 valence electrons. The number of aromatic nitrogens is 2. The van der Waals surface area contributed by atoms with E-state index in [-0.39, 0.29) is 10.6 Å². The highest BCUT2D eigenvalue weighted by molar-refractivity contribution is 7.89. The van der Waals surface area contributed by atoms with Crippen LogP contribution in [0.15, 0.2) is 35.2 Å². The Bertz CT molecular complexity index is 1010. The van der Waals surface area contributed by atoms with Crippen LogP contribution in [0, 0.1) is 6.92 Å². The molecule has 0 spiro atoms. The van der Waals surface area contributed by atoms with Gasteiger partial charge < -0.3 is 5.32 Å². The first-order chi connectivity index (χ1) is 13.3. The first kappa shape index (κ1) is 20.6. The van der Waals surface area contributed by atoms with Crippen molar-refractivity contribution in [3.05, 3.63) is 46.8 Å². The largest absolute Gasteiger partial charge is 0.321 e. The Balaban J connectivity index is 1.81. The molecule has 2 heterocycles. The molecule has 0 saturated carbocycles. The molecule has 1 amide bonds. The Kier molecular flexibility index (Phi) is 6.22. The van der Waals surface area contributed by atoms with Crippen LogP contribution in [0.3, 0.4) is 0 Å².